The van der Waals surface area contributed by atoms with Gasteiger partial charge >= 0.3 is 0 Å². The molecule has 1 fully saturated rings. The molecule has 1 saturated heterocycles. The van der Waals surface area contributed by atoms with Crippen LogP contribution in [0.15, 0.2) is 41.7 Å². The van der Waals surface area contributed by atoms with Crippen LogP contribution in [0.1, 0.15) is 24.3 Å². The van der Waals surface area contributed by atoms with Crippen molar-refractivity contribution in [3.63, 3.8) is 0 Å². The number of likely N-dealkylation sites (tertiary alicyclic amines) is 1. The molecular weight excluding hydrogens is 495 g/mol. The van der Waals surface area contributed by atoms with E-state index in [-0.39, 0.29) is 36.5 Å². The van der Waals surface area contributed by atoms with Crippen LogP contribution in [0.25, 0.3) is 0 Å². The van der Waals surface area contributed by atoms with Crippen molar-refractivity contribution in [3.8, 4) is 5.75 Å². The van der Waals surface area contributed by atoms with Crippen molar-refractivity contribution in [1.82, 2.24) is 20.0 Å². The van der Waals surface area contributed by atoms with Crippen LogP contribution in [-0.2, 0) is 11.8 Å². The maximum absolute atomic E-state index is 12.3. The average molecular weight is 524 g/mol. The van der Waals surface area contributed by atoms with E-state index in [0.717, 1.165) is 49.9 Å². The van der Waals surface area contributed by atoms with Crippen molar-refractivity contribution < 1.29 is 9.53 Å². The fourth-order valence-electron chi connectivity index (χ4n) is 4.04. The molecule has 0 aliphatic carbocycles. The Bertz CT molecular complexity index is 899. The Kier molecular flexibility index (Phi) is 7.57. The summed E-state index contributed by atoms with van der Waals surface area (Å²) in [4.78, 5) is 20.8. The van der Waals surface area contributed by atoms with Crippen LogP contribution >= 0.6 is 24.0 Å². The number of hydrogen-bond donors (Lipinski definition) is 1. The molecule has 0 bridgehead atoms. The predicted octanol–water partition coefficient (Wildman–Crippen LogP) is 2.22. The van der Waals surface area contributed by atoms with E-state index < -0.39 is 0 Å². The number of fused-ring (bicyclic) bond motifs is 1. The van der Waals surface area contributed by atoms with Crippen molar-refractivity contribution in [2.75, 3.05) is 44.7 Å². The number of hydrogen-bond acceptors (Lipinski definition) is 4. The van der Waals surface area contributed by atoms with E-state index in [9.17, 15) is 4.79 Å². The lowest BCUT2D eigenvalue weighted by atomic mass is 10.0. The number of carbonyl (C=O) groups excluding carboxylic acids is 1. The highest BCUT2D eigenvalue weighted by atomic mass is 127. The number of anilines is 1. The summed E-state index contributed by atoms with van der Waals surface area (Å²) in [6.07, 6.45) is 5.99. The van der Waals surface area contributed by atoms with Gasteiger partial charge < -0.3 is 19.9 Å². The van der Waals surface area contributed by atoms with Crippen LogP contribution in [0.3, 0.4) is 0 Å². The van der Waals surface area contributed by atoms with Gasteiger partial charge in [0.15, 0.2) is 12.6 Å². The molecule has 2 aliphatic rings. The van der Waals surface area contributed by atoms with Gasteiger partial charge in [-0.25, -0.2) is 0 Å². The second-order valence-corrected chi connectivity index (χ2v) is 7.51. The summed E-state index contributed by atoms with van der Waals surface area (Å²) in [5.41, 5.74) is 2.14. The molecule has 0 saturated carbocycles. The molecule has 2 aliphatic heterocycles. The molecule has 0 spiro atoms. The largest absolute Gasteiger partial charge is 0.482 e. The molecule has 162 valence electrons. The highest BCUT2D eigenvalue weighted by Crippen LogP contribution is 2.31. The third kappa shape index (κ3) is 4.88. The lowest BCUT2D eigenvalue weighted by Gasteiger charge is -2.29. The Morgan fingerprint density at radius 2 is 2.20 bits per heavy atom. The van der Waals surface area contributed by atoms with Gasteiger partial charge in [0.25, 0.3) is 5.91 Å². The quantitative estimate of drug-likeness (QED) is 0.281. The maximum atomic E-state index is 12.3. The van der Waals surface area contributed by atoms with Crippen molar-refractivity contribution in [1.29, 1.82) is 0 Å². The van der Waals surface area contributed by atoms with E-state index in [0.29, 0.717) is 12.5 Å². The molecule has 1 aromatic heterocycles. The SMILES string of the molecule is CN=C(NCCCN1C(=O)COc2ccccc21)N1CCC(c2cnn(C)c2)C1.I. The van der Waals surface area contributed by atoms with Gasteiger partial charge in [0.05, 0.1) is 11.9 Å². The zero-order valence-electron chi connectivity index (χ0n) is 17.5. The first-order valence-electron chi connectivity index (χ1n) is 10.1. The van der Waals surface area contributed by atoms with E-state index in [1.165, 1.54) is 5.56 Å². The Labute approximate surface area is 194 Å². The van der Waals surface area contributed by atoms with Crippen molar-refractivity contribution >= 4 is 41.5 Å². The molecule has 8 nitrogen and oxygen atoms in total. The summed E-state index contributed by atoms with van der Waals surface area (Å²) in [7, 11) is 3.77. The number of para-hydroxylation sites is 2. The second-order valence-electron chi connectivity index (χ2n) is 7.51. The van der Waals surface area contributed by atoms with Crippen LogP contribution in [0.5, 0.6) is 5.75 Å². The number of nitrogens with one attached hydrogen (secondary N) is 1. The minimum atomic E-state index is 0. The molecule has 4 rings (SSSR count). The van der Waals surface area contributed by atoms with Crippen molar-refractivity contribution in [2.24, 2.45) is 12.0 Å². The highest BCUT2D eigenvalue weighted by molar-refractivity contribution is 14.0. The molecule has 1 amide bonds. The van der Waals surface area contributed by atoms with Gasteiger partial charge in [-0.05, 0) is 30.5 Å². The number of amides is 1. The number of nitrogens with zero attached hydrogens (tertiary/aromatic N) is 5. The summed E-state index contributed by atoms with van der Waals surface area (Å²) in [6.45, 7) is 3.44. The number of halogens is 1. The van der Waals surface area contributed by atoms with Gasteiger partial charge in [0, 0.05) is 52.4 Å². The highest BCUT2D eigenvalue weighted by Gasteiger charge is 2.27. The van der Waals surface area contributed by atoms with Gasteiger partial charge in [-0.3, -0.25) is 14.5 Å². The van der Waals surface area contributed by atoms with Crippen molar-refractivity contribution in [3.05, 3.63) is 42.2 Å². The maximum Gasteiger partial charge on any atom is 0.265 e. The number of carbonyl (C=O) groups is 1. The minimum Gasteiger partial charge on any atom is -0.482 e. The molecule has 1 aromatic carbocycles. The first kappa shape index (κ1) is 22.4. The van der Waals surface area contributed by atoms with Crippen LogP contribution in [0.4, 0.5) is 5.69 Å². The van der Waals surface area contributed by atoms with E-state index >= 15 is 0 Å². The van der Waals surface area contributed by atoms with E-state index in [1.54, 1.807) is 0 Å². The summed E-state index contributed by atoms with van der Waals surface area (Å²) in [6, 6.07) is 7.69. The Morgan fingerprint density at radius 3 is 2.97 bits per heavy atom. The van der Waals surface area contributed by atoms with Crippen LogP contribution in [-0.4, -0.2) is 66.4 Å². The molecule has 0 radical (unpaired) electrons. The second kappa shape index (κ2) is 10.1. The van der Waals surface area contributed by atoms with E-state index in [2.05, 4.69) is 26.5 Å². The van der Waals surface area contributed by atoms with Crippen LogP contribution in [0, 0.1) is 0 Å². The summed E-state index contributed by atoms with van der Waals surface area (Å²) in [5.74, 6) is 2.19. The third-order valence-corrected chi connectivity index (χ3v) is 5.55. The molecule has 9 heteroatoms. The minimum absolute atomic E-state index is 0. The first-order valence-corrected chi connectivity index (χ1v) is 10.1. The number of guanidine groups is 1. The number of aryl methyl sites for hydroxylation is 1. The van der Waals surface area contributed by atoms with Crippen LogP contribution < -0.4 is 15.0 Å². The summed E-state index contributed by atoms with van der Waals surface area (Å²) < 4.78 is 7.36. The van der Waals surface area contributed by atoms with Gasteiger partial charge in [0.1, 0.15) is 5.75 Å². The normalized spacial score (nSPS) is 18.7. The lowest BCUT2D eigenvalue weighted by molar-refractivity contribution is -0.121. The van der Waals surface area contributed by atoms with Crippen LogP contribution in [0.2, 0.25) is 0 Å². The average Bonchev–Trinajstić information content (AvgIpc) is 3.38. The number of rotatable bonds is 5. The van der Waals surface area contributed by atoms with Gasteiger partial charge in [-0.15, -0.1) is 24.0 Å². The summed E-state index contributed by atoms with van der Waals surface area (Å²) >= 11 is 0. The molecule has 30 heavy (non-hydrogen) atoms. The number of aromatic nitrogens is 2. The zero-order valence-corrected chi connectivity index (χ0v) is 19.8. The standard InChI is InChI=1S/C21H28N6O2.HI/c1-22-21(26-11-8-16(14-26)17-12-24-25(2)13-17)23-9-5-10-27-18-6-3-4-7-19(18)29-15-20(27)28;/h3-4,6-7,12-13,16H,5,8-11,14-15H2,1-2H3,(H,22,23);1H. The van der Waals surface area contributed by atoms with Gasteiger partial charge in [0.2, 0.25) is 0 Å². The lowest BCUT2D eigenvalue weighted by Crippen LogP contribution is -2.43. The summed E-state index contributed by atoms with van der Waals surface area (Å²) in [5, 5.41) is 7.74. The molecule has 1 N–H and O–H groups in total. The van der Waals surface area contributed by atoms with E-state index in [4.69, 9.17) is 4.74 Å². The number of ether oxygens (including phenoxy) is 1. The molecule has 2 aromatic rings. The predicted molar refractivity (Wildman–Crippen MR) is 128 cm³/mol. The Balaban J connectivity index is 0.00000256. The first-order chi connectivity index (χ1) is 14.2. The van der Waals surface area contributed by atoms with Gasteiger partial charge in [-0.1, -0.05) is 12.1 Å². The smallest absolute Gasteiger partial charge is 0.265 e. The zero-order chi connectivity index (χ0) is 20.2. The van der Waals surface area contributed by atoms with Crippen molar-refractivity contribution in [2.45, 2.75) is 18.8 Å². The van der Waals surface area contributed by atoms with Gasteiger partial charge in [-0.2, -0.15) is 5.10 Å². The van der Waals surface area contributed by atoms with E-state index in [1.807, 2.05) is 54.1 Å². The Hall–Kier alpha value is -2.30. The molecule has 1 atom stereocenters. The number of benzene rings is 1. The third-order valence-electron chi connectivity index (χ3n) is 5.55. The number of aliphatic imine (C=N–C) groups is 1. The molecule has 3 heterocycles. The molecule has 1 unspecified atom stereocenters. The fraction of sp³-hybridized carbons (Fsp3) is 0.476. The fourth-order valence-corrected chi connectivity index (χ4v) is 4.04. The Morgan fingerprint density at radius 1 is 1.37 bits per heavy atom. The monoisotopic (exact) mass is 524 g/mol. The molecular formula is C21H29IN6O2. The topological polar surface area (TPSA) is 75.0 Å².